The first kappa shape index (κ1) is 12.6. The van der Waals surface area contributed by atoms with Gasteiger partial charge >= 0.3 is 6.36 Å². The van der Waals surface area contributed by atoms with E-state index in [9.17, 15) is 13.2 Å². The molecule has 1 N–H and O–H groups in total. The first-order valence-corrected chi connectivity index (χ1v) is 4.45. The van der Waals surface area contributed by atoms with E-state index in [0.717, 1.165) is 12.1 Å². The molecule has 0 spiro atoms. The fourth-order valence-electron chi connectivity index (χ4n) is 1.11. The second-order valence-corrected chi connectivity index (χ2v) is 2.85. The van der Waals surface area contributed by atoms with E-state index in [2.05, 4.69) is 4.74 Å². The molecule has 1 rings (SSSR count). The number of halogens is 3. The van der Waals surface area contributed by atoms with Crippen LogP contribution < -0.4 is 9.47 Å². The van der Waals surface area contributed by atoms with Crippen LogP contribution in [-0.2, 0) is 0 Å². The van der Waals surface area contributed by atoms with Crippen molar-refractivity contribution in [3.8, 4) is 11.5 Å². The third-order valence-electron chi connectivity index (χ3n) is 1.60. The lowest BCUT2D eigenvalue weighted by Gasteiger charge is -2.11. The molecule has 0 aliphatic carbocycles. The molecule has 0 bridgehead atoms. The molecule has 0 amide bonds. The van der Waals surface area contributed by atoms with Gasteiger partial charge in [-0.1, -0.05) is 0 Å². The molecule has 0 fully saturated rings. The Morgan fingerprint density at radius 1 is 1.25 bits per heavy atom. The van der Waals surface area contributed by atoms with Crippen molar-refractivity contribution in [3.05, 3.63) is 30.4 Å². The number of hydrogen-bond donors (Lipinski definition) is 1. The average molecular weight is 235 g/mol. The van der Waals surface area contributed by atoms with Gasteiger partial charge in [-0.2, -0.15) is 0 Å². The van der Waals surface area contributed by atoms with Gasteiger partial charge in [0, 0.05) is 6.07 Å². The van der Waals surface area contributed by atoms with Gasteiger partial charge < -0.3 is 14.6 Å². The van der Waals surface area contributed by atoms with Gasteiger partial charge in [0.2, 0.25) is 0 Å². The maximum Gasteiger partial charge on any atom is 0.573 e. The molecular formula is C10H10F3O3. The third kappa shape index (κ3) is 3.98. The van der Waals surface area contributed by atoms with Crippen molar-refractivity contribution in [1.82, 2.24) is 0 Å². The van der Waals surface area contributed by atoms with E-state index in [-0.39, 0.29) is 11.3 Å². The van der Waals surface area contributed by atoms with Crippen LogP contribution in [0.3, 0.4) is 0 Å². The van der Waals surface area contributed by atoms with Crippen molar-refractivity contribution >= 4 is 0 Å². The van der Waals surface area contributed by atoms with Crippen molar-refractivity contribution in [3.63, 3.8) is 0 Å². The Hall–Kier alpha value is -1.43. The number of alkyl halides is 3. The molecule has 6 heteroatoms. The summed E-state index contributed by atoms with van der Waals surface area (Å²) in [4.78, 5) is 0. The summed E-state index contributed by atoms with van der Waals surface area (Å²) in [6.45, 7) is 2.67. The van der Waals surface area contributed by atoms with E-state index in [0.29, 0.717) is 13.2 Å². The van der Waals surface area contributed by atoms with E-state index >= 15 is 0 Å². The predicted molar refractivity (Wildman–Crippen MR) is 49.6 cm³/mol. The van der Waals surface area contributed by atoms with Crippen LogP contribution >= 0.6 is 0 Å². The number of aliphatic hydroxyl groups is 1. The molecule has 3 nitrogen and oxygen atoms in total. The van der Waals surface area contributed by atoms with E-state index in [1.165, 1.54) is 6.07 Å². The van der Waals surface area contributed by atoms with E-state index in [4.69, 9.17) is 9.84 Å². The number of rotatable bonds is 4. The van der Waals surface area contributed by atoms with Gasteiger partial charge in [0.15, 0.2) is 0 Å². The van der Waals surface area contributed by atoms with Crippen LogP contribution in [0.4, 0.5) is 13.2 Å². The molecule has 0 saturated carbocycles. The van der Waals surface area contributed by atoms with Gasteiger partial charge in [0.1, 0.15) is 18.1 Å². The number of aliphatic hydroxyl groups excluding tert-OH is 1. The predicted octanol–water partition coefficient (Wildman–Crippen LogP) is 2.87. The minimum absolute atomic E-state index is 0.171. The third-order valence-corrected chi connectivity index (χ3v) is 1.60. The van der Waals surface area contributed by atoms with E-state index < -0.39 is 12.1 Å². The molecule has 0 aromatic heterocycles. The molecule has 0 heterocycles. The zero-order valence-electron chi connectivity index (χ0n) is 8.41. The minimum Gasteiger partial charge on any atom is -0.494 e. The molecule has 1 radical (unpaired) electrons. The molecule has 89 valence electrons. The highest BCUT2D eigenvalue weighted by atomic mass is 19.4. The van der Waals surface area contributed by atoms with Crippen molar-refractivity contribution < 1.29 is 27.8 Å². The van der Waals surface area contributed by atoms with Crippen molar-refractivity contribution in [2.24, 2.45) is 0 Å². The Bertz CT molecular complexity index is 350. The molecular weight excluding hydrogens is 225 g/mol. The normalized spacial score (nSPS) is 11.3. The average Bonchev–Trinajstić information content (AvgIpc) is 2.15. The monoisotopic (exact) mass is 235 g/mol. The number of benzene rings is 1. The zero-order valence-corrected chi connectivity index (χ0v) is 8.41. The number of hydrogen-bond acceptors (Lipinski definition) is 3. The fraction of sp³-hybridized carbons (Fsp3) is 0.300. The Labute approximate surface area is 90.4 Å². The summed E-state index contributed by atoms with van der Waals surface area (Å²) in [6.07, 6.45) is -4.77. The topological polar surface area (TPSA) is 38.7 Å². The summed E-state index contributed by atoms with van der Waals surface area (Å²) in [5.74, 6) is -0.233. The quantitative estimate of drug-likeness (QED) is 0.872. The molecule has 0 aliphatic heterocycles. The van der Waals surface area contributed by atoms with Crippen molar-refractivity contribution in [2.45, 2.75) is 13.3 Å². The van der Waals surface area contributed by atoms with Crippen LogP contribution in [0.1, 0.15) is 12.5 Å². The lowest BCUT2D eigenvalue weighted by molar-refractivity contribution is -0.274. The van der Waals surface area contributed by atoms with Gasteiger partial charge in [0.05, 0.1) is 6.61 Å². The van der Waals surface area contributed by atoms with Crippen LogP contribution in [-0.4, -0.2) is 18.1 Å². The summed E-state index contributed by atoms with van der Waals surface area (Å²) in [5.41, 5.74) is 0.171. The fourth-order valence-corrected chi connectivity index (χ4v) is 1.11. The van der Waals surface area contributed by atoms with E-state index in [1.54, 1.807) is 6.92 Å². The highest BCUT2D eigenvalue weighted by Crippen LogP contribution is 2.28. The summed E-state index contributed by atoms with van der Waals surface area (Å²) in [5, 5.41) is 8.74. The van der Waals surface area contributed by atoms with E-state index in [1.807, 2.05) is 0 Å². The standard InChI is InChI=1S/C10H10F3O3/c1-2-15-8-3-7(6-14)4-9(5-8)16-10(11,12)13/h3-6,14H,2H2,1H3. The van der Waals surface area contributed by atoms with Crippen LogP contribution in [0.5, 0.6) is 11.5 Å². The Kier molecular flexibility index (Phi) is 4.00. The molecule has 1 aromatic carbocycles. The largest absolute Gasteiger partial charge is 0.573 e. The van der Waals surface area contributed by atoms with Gasteiger partial charge in [-0.3, -0.25) is 0 Å². The van der Waals surface area contributed by atoms with Crippen LogP contribution in [0.25, 0.3) is 0 Å². The first-order valence-electron chi connectivity index (χ1n) is 4.45. The maximum absolute atomic E-state index is 12.0. The summed E-state index contributed by atoms with van der Waals surface area (Å²) in [6, 6.07) is 3.55. The van der Waals surface area contributed by atoms with Crippen LogP contribution in [0.15, 0.2) is 18.2 Å². The highest BCUT2D eigenvalue weighted by Gasteiger charge is 2.31. The Balaban J connectivity index is 2.95. The highest BCUT2D eigenvalue weighted by molar-refractivity contribution is 5.40. The molecule has 0 unspecified atom stereocenters. The SMILES string of the molecule is CCOc1cc([CH]O)cc(OC(F)(F)F)c1. The second-order valence-electron chi connectivity index (χ2n) is 2.85. The molecule has 0 saturated heterocycles. The Morgan fingerprint density at radius 2 is 1.88 bits per heavy atom. The first-order chi connectivity index (χ1) is 7.44. The van der Waals surface area contributed by atoms with Gasteiger partial charge in [-0.05, 0) is 24.6 Å². The summed E-state index contributed by atoms with van der Waals surface area (Å²) >= 11 is 0. The molecule has 1 aromatic rings. The van der Waals surface area contributed by atoms with Gasteiger partial charge in [-0.25, -0.2) is 0 Å². The summed E-state index contributed by atoms with van der Waals surface area (Å²) in [7, 11) is 0. The van der Waals surface area contributed by atoms with Crippen molar-refractivity contribution in [1.29, 1.82) is 0 Å². The van der Waals surface area contributed by atoms with Crippen LogP contribution in [0.2, 0.25) is 0 Å². The molecule has 0 aliphatic rings. The molecule has 0 atom stereocenters. The van der Waals surface area contributed by atoms with Gasteiger partial charge in [0.25, 0.3) is 0 Å². The number of ether oxygens (including phenoxy) is 2. The van der Waals surface area contributed by atoms with Crippen molar-refractivity contribution in [2.75, 3.05) is 6.61 Å². The van der Waals surface area contributed by atoms with Crippen LogP contribution in [0, 0.1) is 6.61 Å². The lowest BCUT2D eigenvalue weighted by atomic mass is 10.2. The Morgan fingerprint density at radius 3 is 2.38 bits per heavy atom. The smallest absolute Gasteiger partial charge is 0.494 e. The molecule has 16 heavy (non-hydrogen) atoms. The lowest BCUT2D eigenvalue weighted by Crippen LogP contribution is -2.17. The summed E-state index contributed by atoms with van der Waals surface area (Å²) < 4.78 is 44.6. The van der Waals surface area contributed by atoms with Gasteiger partial charge in [-0.15, -0.1) is 13.2 Å². The second kappa shape index (κ2) is 5.07. The maximum atomic E-state index is 12.0. The minimum atomic E-state index is -4.77. The zero-order chi connectivity index (χ0) is 12.2.